The van der Waals surface area contributed by atoms with Crippen molar-refractivity contribution >= 4 is 0 Å². The summed E-state index contributed by atoms with van der Waals surface area (Å²) in [6.07, 6.45) is 11.5. The quantitative estimate of drug-likeness (QED) is 0.942. The maximum absolute atomic E-state index is 5.93. The fraction of sp³-hybridized carbons (Fsp3) is 0.588. The Balaban J connectivity index is 1.36. The van der Waals surface area contributed by atoms with Crippen molar-refractivity contribution in [3.63, 3.8) is 0 Å². The average molecular weight is 313 g/mol. The summed E-state index contributed by atoms with van der Waals surface area (Å²) in [6.45, 7) is 4.09. The van der Waals surface area contributed by atoms with Gasteiger partial charge in [-0.1, -0.05) is 0 Å². The van der Waals surface area contributed by atoms with Gasteiger partial charge in [-0.3, -0.25) is 10.00 Å². The molecule has 0 radical (unpaired) electrons. The summed E-state index contributed by atoms with van der Waals surface area (Å²) in [6, 6.07) is 1.00. The summed E-state index contributed by atoms with van der Waals surface area (Å²) in [5, 5.41) is 7.45. The number of aromatic nitrogens is 4. The molecule has 6 heteroatoms. The second-order valence-electron chi connectivity index (χ2n) is 6.61. The Kier molecular flexibility index (Phi) is 3.99. The highest BCUT2D eigenvalue weighted by atomic mass is 16.5. The standard InChI is InChI=1S/C17H23N5O/c1-12-9-18-17(19-10-12)23-14-5-7-22(8-6-14)15-4-2-3-13-11-20-21-16(13)15/h9-11,14-15H,2-8H2,1H3,(H,20,21). The SMILES string of the molecule is Cc1cnc(OC2CCN(C3CCCc4cn[nH]c43)CC2)nc1. The minimum Gasteiger partial charge on any atom is -0.460 e. The van der Waals surface area contributed by atoms with Crippen LogP contribution < -0.4 is 4.74 Å². The van der Waals surface area contributed by atoms with Crippen LogP contribution in [0.5, 0.6) is 6.01 Å². The molecule has 122 valence electrons. The van der Waals surface area contributed by atoms with E-state index >= 15 is 0 Å². The number of aryl methyl sites for hydroxylation is 2. The highest BCUT2D eigenvalue weighted by Crippen LogP contribution is 2.34. The van der Waals surface area contributed by atoms with Gasteiger partial charge in [-0.25, -0.2) is 9.97 Å². The second kappa shape index (κ2) is 6.28. The average Bonchev–Trinajstić information content (AvgIpc) is 3.06. The van der Waals surface area contributed by atoms with E-state index in [0.29, 0.717) is 12.1 Å². The van der Waals surface area contributed by atoms with Gasteiger partial charge in [0.1, 0.15) is 6.10 Å². The molecule has 1 atom stereocenters. The molecule has 2 aromatic heterocycles. The number of rotatable bonds is 3. The molecule has 1 unspecified atom stereocenters. The van der Waals surface area contributed by atoms with E-state index in [-0.39, 0.29) is 6.10 Å². The van der Waals surface area contributed by atoms with E-state index in [9.17, 15) is 0 Å². The number of H-pyrrole nitrogens is 1. The van der Waals surface area contributed by atoms with Gasteiger partial charge in [0.2, 0.25) is 0 Å². The summed E-state index contributed by atoms with van der Waals surface area (Å²) in [5.74, 6) is 0. The van der Waals surface area contributed by atoms with Crippen molar-refractivity contribution in [1.29, 1.82) is 0 Å². The van der Waals surface area contributed by atoms with E-state index in [4.69, 9.17) is 4.74 Å². The molecule has 2 aromatic rings. The highest BCUT2D eigenvalue weighted by molar-refractivity contribution is 5.23. The molecule has 3 heterocycles. The van der Waals surface area contributed by atoms with Crippen molar-refractivity contribution in [2.75, 3.05) is 13.1 Å². The van der Waals surface area contributed by atoms with Crippen LogP contribution in [-0.2, 0) is 6.42 Å². The first-order valence-corrected chi connectivity index (χ1v) is 8.51. The monoisotopic (exact) mass is 313 g/mol. The van der Waals surface area contributed by atoms with Gasteiger partial charge >= 0.3 is 6.01 Å². The minimum absolute atomic E-state index is 0.221. The number of hydrogen-bond acceptors (Lipinski definition) is 5. The van der Waals surface area contributed by atoms with Crippen LogP contribution in [-0.4, -0.2) is 44.3 Å². The van der Waals surface area contributed by atoms with Crippen LogP contribution >= 0.6 is 0 Å². The van der Waals surface area contributed by atoms with Gasteiger partial charge in [-0.2, -0.15) is 5.10 Å². The lowest BCUT2D eigenvalue weighted by Crippen LogP contribution is -2.41. The molecule has 1 aliphatic heterocycles. The van der Waals surface area contributed by atoms with Crippen molar-refractivity contribution in [3.8, 4) is 6.01 Å². The molecular weight excluding hydrogens is 290 g/mol. The molecule has 23 heavy (non-hydrogen) atoms. The number of piperidine rings is 1. The number of fused-ring (bicyclic) bond motifs is 1. The number of nitrogens with one attached hydrogen (secondary N) is 1. The molecule has 0 aromatic carbocycles. The highest BCUT2D eigenvalue weighted by Gasteiger charge is 2.31. The lowest BCUT2D eigenvalue weighted by atomic mass is 9.91. The zero-order valence-electron chi connectivity index (χ0n) is 13.5. The molecule has 1 saturated heterocycles. The summed E-state index contributed by atoms with van der Waals surface area (Å²) < 4.78 is 5.93. The Bertz CT molecular complexity index is 645. The molecule has 0 amide bonds. The smallest absolute Gasteiger partial charge is 0.316 e. The largest absolute Gasteiger partial charge is 0.460 e. The molecular formula is C17H23N5O. The topological polar surface area (TPSA) is 66.9 Å². The molecule has 1 N–H and O–H groups in total. The van der Waals surface area contributed by atoms with Crippen molar-refractivity contribution in [1.82, 2.24) is 25.1 Å². The van der Waals surface area contributed by atoms with Crippen molar-refractivity contribution in [3.05, 3.63) is 35.4 Å². The lowest BCUT2D eigenvalue weighted by Gasteiger charge is -2.38. The van der Waals surface area contributed by atoms with Gasteiger partial charge in [0, 0.05) is 25.5 Å². The second-order valence-corrected chi connectivity index (χ2v) is 6.61. The molecule has 0 spiro atoms. The maximum Gasteiger partial charge on any atom is 0.316 e. The molecule has 1 aliphatic carbocycles. The predicted molar refractivity (Wildman–Crippen MR) is 86.3 cm³/mol. The Morgan fingerprint density at radius 3 is 2.70 bits per heavy atom. The lowest BCUT2D eigenvalue weighted by molar-refractivity contribution is 0.0630. The van der Waals surface area contributed by atoms with Crippen LogP contribution in [0.1, 0.15) is 48.5 Å². The molecule has 2 aliphatic rings. The first-order valence-electron chi connectivity index (χ1n) is 8.51. The van der Waals surface area contributed by atoms with E-state index in [1.54, 1.807) is 12.4 Å². The van der Waals surface area contributed by atoms with Crippen molar-refractivity contribution < 1.29 is 4.74 Å². The van der Waals surface area contributed by atoms with Gasteiger partial charge < -0.3 is 4.74 Å². The van der Waals surface area contributed by atoms with E-state index in [0.717, 1.165) is 37.9 Å². The van der Waals surface area contributed by atoms with Crippen LogP contribution in [0.3, 0.4) is 0 Å². The van der Waals surface area contributed by atoms with Gasteiger partial charge in [0.05, 0.1) is 17.9 Å². The predicted octanol–water partition coefficient (Wildman–Crippen LogP) is 2.43. The van der Waals surface area contributed by atoms with E-state index < -0.39 is 0 Å². The van der Waals surface area contributed by atoms with Crippen LogP contribution in [0.2, 0.25) is 0 Å². The zero-order valence-corrected chi connectivity index (χ0v) is 13.5. The summed E-state index contributed by atoms with van der Waals surface area (Å²) in [5.41, 5.74) is 3.78. The Hall–Kier alpha value is -1.95. The molecule has 0 bridgehead atoms. The van der Waals surface area contributed by atoms with Crippen LogP contribution in [0, 0.1) is 6.92 Å². The summed E-state index contributed by atoms with van der Waals surface area (Å²) in [7, 11) is 0. The number of likely N-dealkylation sites (tertiary alicyclic amines) is 1. The Morgan fingerprint density at radius 1 is 1.13 bits per heavy atom. The van der Waals surface area contributed by atoms with Crippen LogP contribution in [0.15, 0.2) is 18.6 Å². The van der Waals surface area contributed by atoms with Crippen LogP contribution in [0.25, 0.3) is 0 Å². The Morgan fingerprint density at radius 2 is 1.91 bits per heavy atom. The van der Waals surface area contributed by atoms with E-state index in [1.807, 2.05) is 13.1 Å². The molecule has 6 nitrogen and oxygen atoms in total. The fourth-order valence-corrected chi connectivity index (χ4v) is 3.70. The van der Waals surface area contributed by atoms with Crippen molar-refractivity contribution in [2.24, 2.45) is 0 Å². The number of nitrogens with zero attached hydrogens (tertiary/aromatic N) is 4. The number of aromatic amines is 1. The minimum atomic E-state index is 0.221. The maximum atomic E-state index is 5.93. The van der Waals surface area contributed by atoms with Gasteiger partial charge in [-0.05, 0) is 50.2 Å². The van der Waals surface area contributed by atoms with E-state index in [2.05, 4.69) is 25.1 Å². The van der Waals surface area contributed by atoms with Crippen LogP contribution in [0.4, 0.5) is 0 Å². The molecule has 4 rings (SSSR count). The Labute approximate surface area is 136 Å². The zero-order chi connectivity index (χ0) is 15.6. The van der Waals surface area contributed by atoms with Gasteiger partial charge in [0.15, 0.2) is 0 Å². The van der Waals surface area contributed by atoms with E-state index in [1.165, 1.54) is 24.1 Å². The van der Waals surface area contributed by atoms with Gasteiger partial charge in [0.25, 0.3) is 0 Å². The van der Waals surface area contributed by atoms with Gasteiger partial charge in [-0.15, -0.1) is 0 Å². The fourth-order valence-electron chi connectivity index (χ4n) is 3.70. The third-order valence-electron chi connectivity index (χ3n) is 4.95. The number of hydrogen-bond donors (Lipinski definition) is 1. The summed E-state index contributed by atoms with van der Waals surface area (Å²) >= 11 is 0. The first-order chi connectivity index (χ1) is 11.3. The summed E-state index contributed by atoms with van der Waals surface area (Å²) in [4.78, 5) is 11.1. The third-order valence-corrected chi connectivity index (χ3v) is 4.95. The third kappa shape index (κ3) is 3.08. The molecule has 0 saturated carbocycles. The molecule has 1 fully saturated rings. The normalized spacial score (nSPS) is 22.7. The first kappa shape index (κ1) is 14.6. The van der Waals surface area contributed by atoms with Crippen molar-refractivity contribution in [2.45, 2.75) is 51.2 Å². The number of ether oxygens (including phenoxy) is 1.